The standard InChI is InChI=1S/C14H22N4OS/c1-9-6-11(17-13(15-9)20-5)18-7-10(8-18)16-12(19)14(2,3)4/h6,10H,7-8H2,1-5H3,(H,16,19). The van der Waals surface area contributed by atoms with Crippen LogP contribution in [0, 0.1) is 12.3 Å². The number of hydrogen-bond acceptors (Lipinski definition) is 5. The van der Waals surface area contributed by atoms with Crippen LogP contribution < -0.4 is 10.2 Å². The first-order chi connectivity index (χ1) is 9.29. The predicted octanol–water partition coefficient (Wildman–Crippen LogP) is 1.86. The van der Waals surface area contributed by atoms with E-state index in [0.717, 1.165) is 29.8 Å². The van der Waals surface area contributed by atoms with Gasteiger partial charge in [0.25, 0.3) is 0 Å². The van der Waals surface area contributed by atoms with Crippen LogP contribution in [0.25, 0.3) is 0 Å². The van der Waals surface area contributed by atoms with Gasteiger partial charge in [-0.15, -0.1) is 0 Å². The number of anilines is 1. The monoisotopic (exact) mass is 294 g/mol. The number of aromatic nitrogens is 2. The van der Waals surface area contributed by atoms with Crippen molar-refractivity contribution in [3.05, 3.63) is 11.8 Å². The molecule has 1 saturated heterocycles. The molecule has 0 aromatic carbocycles. The molecule has 1 aliphatic heterocycles. The van der Waals surface area contributed by atoms with Crippen molar-refractivity contribution in [2.24, 2.45) is 5.41 Å². The minimum absolute atomic E-state index is 0.103. The van der Waals surface area contributed by atoms with E-state index in [1.54, 1.807) is 11.8 Å². The Morgan fingerprint density at radius 3 is 2.60 bits per heavy atom. The zero-order chi connectivity index (χ0) is 14.9. The number of nitrogens with one attached hydrogen (secondary N) is 1. The lowest BCUT2D eigenvalue weighted by atomic mass is 9.94. The second-order valence-electron chi connectivity index (χ2n) is 6.18. The van der Waals surface area contributed by atoms with E-state index in [-0.39, 0.29) is 17.4 Å². The number of carbonyl (C=O) groups is 1. The zero-order valence-electron chi connectivity index (χ0n) is 12.7. The number of rotatable bonds is 3. The molecule has 2 heterocycles. The fraction of sp³-hybridized carbons (Fsp3) is 0.643. The summed E-state index contributed by atoms with van der Waals surface area (Å²) < 4.78 is 0. The zero-order valence-corrected chi connectivity index (χ0v) is 13.5. The summed E-state index contributed by atoms with van der Waals surface area (Å²) in [5, 5.41) is 3.86. The largest absolute Gasteiger partial charge is 0.352 e. The molecule has 6 heteroatoms. The van der Waals surface area contributed by atoms with E-state index in [2.05, 4.69) is 20.2 Å². The highest BCUT2D eigenvalue weighted by Crippen LogP contribution is 2.23. The third-order valence-electron chi connectivity index (χ3n) is 3.22. The fourth-order valence-corrected chi connectivity index (χ4v) is 2.36. The van der Waals surface area contributed by atoms with Gasteiger partial charge in [-0.3, -0.25) is 4.79 Å². The molecular formula is C14H22N4OS. The lowest BCUT2D eigenvalue weighted by molar-refractivity contribution is -0.129. The first-order valence-corrected chi connectivity index (χ1v) is 7.97. The Bertz CT molecular complexity index is 506. The first-order valence-electron chi connectivity index (χ1n) is 6.75. The molecule has 2 rings (SSSR count). The number of carbonyl (C=O) groups excluding carboxylic acids is 1. The minimum Gasteiger partial charge on any atom is -0.352 e. The van der Waals surface area contributed by atoms with Crippen molar-refractivity contribution < 1.29 is 4.79 Å². The van der Waals surface area contributed by atoms with Crippen molar-refractivity contribution in [1.29, 1.82) is 0 Å². The van der Waals surface area contributed by atoms with Crippen LogP contribution in [0.1, 0.15) is 26.5 Å². The molecule has 1 aromatic rings. The number of amides is 1. The van der Waals surface area contributed by atoms with Crippen LogP contribution >= 0.6 is 11.8 Å². The molecule has 1 aliphatic rings. The number of nitrogens with zero attached hydrogens (tertiary/aromatic N) is 3. The van der Waals surface area contributed by atoms with Gasteiger partial charge in [0, 0.05) is 30.3 Å². The lowest BCUT2D eigenvalue weighted by Crippen LogP contribution is -2.61. The van der Waals surface area contributed by atoms with E-state index in [4.69, 9.17) is 0 Å². The normalized spacial score (nSPS) is 15.9. The van der Waals surface area contributed by atoms with E-state index < -0.39 is 0 Å². The van der Waals surface area contributed by atoms with Crippen LogP contribution in [0.3, 0.4) is 0 Å². The molecule has 110 valence electrons. The third kappa shape index (κ3) is 3.42. The van der Waals surface area contributed by atoms with E-state index in [9.17, 15) is 4.79 Å². The highest BCUT2D eigenvalue weighted by molar-refractivity contribution is 7.98. The van der Waals surface area contributed by atoms with Crippen LogP contribution in [-0.4, -0.2) is 41.3 Å². The quantitative estimate of drug-likeness (QED) is 0.681. The minimum atomic E-state index is -0.335. The topological polar surface area (TPSA) is 58.1 Å². The van der Waals surface area contributed by atoms with Crippen LogP contribution in [0.15, 0.2) is 11.2 Å². The second kappa shape index (κ2) is 5.60. The maximum absolute atomic E-state index is 11.9. The second-order valence-corrected chi connectivity index (χ2v) is 6.95. The van der Waals surface area contributed by atoms with Crippen molar-refractivity contribution in [2.75, 3.05) is 24.2 Å². The van der Waals surface area contributed by atoms with Crippen LogP contribution in [0.2, 0.25) is 0 Å². The first kappa shape index (κ1) is 15.1. The molecule has 0 atom stereocenters. The summed E-state index contributed by atoms with van der Waals surface area (Å²) >= 11 is 1.55. The van der Waals surface area contributed by atoms with Crippen LogP contribution in [0.5, 0.6) is 0 Å². The predicted molar refractivity (Wildman–Crippen MR) is 82.1 cm³/mol. The summed E-state index contributed by atoms with van der Waals surface area (Å²) in [6.45, 7) is 9.38. The summed E-state index contributed by atoms with van der Waals surface area (Å²) in [6, 6.07) is 2.20. The van der Waals surface area contributed by atoms with Gasteiger partial charge in [0.05, 0.1) is 6.04 Å². The van der Waals surface area contributed by atoms with Gasteiger partial charge >= 0.3 is 0 Å². The van der Waals surface area contributed by atoms with Gasteiger partial charge in [0.1, 0.15) is 5.82 Å². The van der Waals surface area contributed by atoms with Crippen molar-refractivity contribution in [1.82, 2.24) is 15.3 Å². The summed E-state index contributed by atoms with van der Waals surface area (Å²) in [7, 11) is 0. The van der Waals surface area contributed by atoms with Gasteiger partial charge in [0.15, 0.2) is 5.16 Å². The Morgan fingerprint density at radius 1 is 1.40 bits per heavy atom. The molecule has 1 fully saturated rings. The summed E-state index contributed by atoms with van der Waals surface area (Å²) in [4.78, 5) is 22.9. The van der Waals surface area contributed by atoms with Gasteiger partial charge in [0.2, 0.25) is 5.91 Å². The van der Waals surface area contributed by atoms with Gasteiger partial charge in [-0.05, 0) is 13.2 Å². The van der Waals surface area contributed by atoms with Crippen molar-refractivity contribution in [3.8, 4) is 0 Å². The average molecular weight is 294 g/mol. The van der Waals surface area contributed by atoms with E-state index in [1.807, 2.05) is 40.0 Å². The third-order valence-corrected chi connectivity index (χ3v) is 3.77. The van der Waals surface area contributed by atoms with Crippen LogP contribution in [-0.2, 0) is 4.79 Å². The van der Waals surface area contributed by atoms with Gasteiger partial charge < -0.3 is 10.2 Å². The average Bonchev–Trinajstić information content (AvgIpc) is 2.30. The van der Waals surface area contributed by atoms with E-state index in [0.29, 0.717) is 0 Å². The molecule has 0 unspecified atom stereocenters. The fourth-order valence-electron chi connectivity index (χ4n) is 1.94. The van der Waals surface area contributed by atoms with Crippen LogP contribution in [0.4, 0.5) is 5.82 Å². The van der Waals surface area contributed by atoms with Crippen molar-refractivity contribution in [2.45, 2.75) is 38.9 Å². The number of thioether (sulfide) groups is 1. The molecule has 1 N–H and O–H groups in total. The van der Waals surface area contributed by atoms with Crippen molar-refractivity contribution >= 4 is 23.5 Å². The van der Waals surface area contributed by atoms with Crippen molar-refractivity contribution in [3.63, 3.8) is 0 Å². The molecule has 1 aromatic heterocycles. The van der Waals surface area contributed by atoms with Gasteiger partial charge in [-0.25, -0.2) is 9.97 Å². The SMILES string of the molecule is CSc1nc(C)cc(N2CC(NC(=O)C(C)(C)C)C2)n1. The Morgan fingerprint density at radius 2 is 2.05 bits per heavy atom. The molecule has 1 amide bonds. The van der Waals surface area contributed by atoms with E-state index >= 15 is 0 Å². The molecule has 5 nitrogen and oxygen atoms in total. The Labute approximate surface area is 124 Å². The Balaban J connectivity index is 1.93. The van der Waals surface area contributed by atoms with Gasteiger partial charge in [-0.1, -0.05) is 32.5 Å². The molecule has 0 saturated carbocycles. The highest BCUT2D eigenvalue weighted by Gasteiger charge is 2.32. The molecule has 0 spiro atoms. The maximum atomic E-state index is 11.9. The molecular weight excluding hydrogens is 272 g/mol. The maximum Gasteiger partial charge on any atom is 0.225 e. The summed E-state index contributed by atoms with van der Waals surface area (Å²) in [6.07, 6.45) is 1.97. The number of hydrogen-bond donors (Lipinski definition) is 1. The summed E-state index contributed by atoms with van der Waals surface area (Å²) in [5.74, 6) is 1.05. The molecule has 0 bridgehead atoms. The molecule has 20 heavy (non-hydrogen) atoms. The van der Waals surface area contributed by atoms with Gasteiger partial charge in [-0.2, -0.15) is 0 Å². The lowest BCUT2D eigenvalue weighted by Gasteiger charge is -2.41. The Hall–Kier alpha value is -1.30. The summed E-state index contributed by atoms with van der Waals surface area (Å²) in [5.41, 5.74) is 0.638. The van der Waals surface area contributed by atoms with E-state index in [1.165, 1.54) is 0 Å². The molecule has 0 radical (unpaired) electrons. The Kier molecular flexibility index (Phi) is 4.22. The number of aryl methyl sites for hydroxylation is 1. The molecule has 0 aliphatic carbocycles. The smallest absolute Gasteiger partial charge is 0.225 e. The highest BCUT2D eigenvalue weighted by atomic mass is 32.2.